The highest BCUT2D eigenvalue weighted by molar-refractivity contribution is 5.94. The molecule has 3 rings (SSSR count). The molecule has 1 aromatic rings. The number of carbonyl (C=O) groups excluding carboxylic acids is 1. The van der Waals surface area contributed by atoms with E-state index in [1.54, 1.807) is 0 Å². The van der Waals surface area contributed by atoms with Crippen molar-refractivity contribution in [1.82, 2.24) is 10.6 Å². The third-order valence-corrected chi connectivity index (χ3v) is 5.11. The summed E-state index contributed by atoms with van der Waals surface area (Å²) < 4.78 is 11.3. The van der Waals surface area contributed by atoms with Gasteiger partial charge in [0.25, 0.3) is 5.91 Å². The molecule has 1 aromatic carbocycles. The highest BCUT2D eigenvalue weighted by Gasteiger charge is 2.29. The average Bonchev–Trinajstić information content (AvgIpc) is 3.37. The molecule has 2 aliphatic rings. The number of aliphatic imine (C=N–C) groups is 1. The first kappa shape index (κ1) is 20.6. The average molecular weight is 389 g/mol. The van der Waals surface area contributed by atoms with Gasteiger partial charge in [-0.3, -0.25) is 4.79 Å². The lowest BCUT2D eigenvalue weighted by atomic mass is 10.0. The lowest BCUT2D eigenvalue weighted by molar-refractivity contribution is -0.124. The van der Waals surface area contributed by atoms with Gasteiger partial charge in [-0.15, -0.1) is 0 Å². The molecule has 2 unspecified atom stereocenters. The van der Waals surface area contributed by atoms with Gasteiger partial charge in [0.15, 0.2) is 5.96 Å². The molecule has 154 valence electrons. The maximum absolute atomic E-state index is 12.2. The lowest BCUT2D eigenvalue weighted by Crippen LogP contribution is -2.45. The van der Waals surface area contributed by atoms with E-state index in [0.29, 0.717) is 13.2 Å². The van der Waals surface area contributed by atoms with Crippen molar-refractivity contribution in [3.05, 3.63) is 29.8 Å². The summed E-state index contributed by atoms with van der Waals surface area (Å²) in [6.07, 6.45) is 3.57. The molecule has 0 bridgehead atoms. The molecule has 0 aromatic heterocycles. The second-order valence-corrected chi connectivity index (χ2v) is 7.64. The Labute approximate surface area is 167 Å². The highest BCUT2D eigenvalue weighted by atomic mass is 16.5. The molecule has 2 atom stereocenters. The monoisotopic (exact) mass is 388 g/mol. The number of benzene rings is 1. The van der Waals surface area contributed by atoms with Crippen LogP contribution in [-0.4, -0.2) is 49.9 Å². The van der Waals surface area contributed by atoms with Gasteiger partial charge in [0, 0.05) is 32.0 Å². The molecular weight excluding hydrogens is 356 g/mol. The molecular formula is C21H32N4O3. The molecule has 2 saturated heterocycles. The molecule has 7 nitrogen and oxygen atoms in total. The Kier molecular flexibility index (Phi) is 7.28. The number of rotatable bonds is 7. The largest absolute Gasteiger partial charge is 0.373 e. The first-order valence-corrected chi connectivity index (χ1v) is 10.3. The van der Waals surface area contributed by atoms with E-state index >= 15 is 0 Å². The molecule has 2 fully saturated rings. The van der Waals surface area contributed by atoms with Crippen LogP contribution in [0.1, 0.15) is 45.1 Å². The zero-order valence-corrected chi connectivity index (χ0v) is 16.9. The number of amides is 1. The SMILES string of the molecule is CCNC(=NCc1cccc(NC(=O)C2CCCO2)c1)NCC1(C)CCCO1. The summed E-state index contributed by atoms with van der Waals surface area (Å²) in [5.41, 5.74) is 1.69. The summed E-state index contributed by atoms with van der Waals surface area (Å²) >= 11 is 0. The van der Waals surface area contributed by atoms with Crippen molar-refractivity contribution in [2.24, 2.45) is 4.99 Å². The Hall–Kier alpha value is -2.12. The predicted octanol–water partition coefficient (Wildman–Crippen LogP) is 2.43. The van der Waals surface area contributed by atoms with Crippen molar-refractivity contribution in [2.45, 2.75) is 57.8 Å². The number of hydrogen-bond acceptors (Lipinski definition) is 4. The molecule has 2 heterocycles. The van der Waals surface area contributed by atoms with E-state index < -0.39 is 0 Å². The molecule has 0 spiro atoms. The van der Waals surface area contributed by atoms with E-state index in [0.717, 1.165) is 62.6 Å². The minimum atomic E-state index is -0.328. The standard InChI is InChI=1S/C21H32N4O3/c1-3-22-20(24-15-21(2)10-6-12-28-21)23-14-16-7-4-8-17(13-16)25-19(26)18-9-5-11-27-18/h4,7-8,13,18H,3,5-6,9-12,14-15H2,1-2H3,(H,25,26)(H2,22,23,24). The quantitative estimate of drug-likeness (QED) is 0.494. The van der Waals surface area contributed by atoms with Crippen LogP contribution in [0.25, 0.3) is 0 Å². The van der Waals surface area contributed by atoms with Crippen molar-refractivity contribution in [3.63, 3.8) is 0 Å². The van der Waals surface area contributed by atoms with Crippen LogP contribution >= 0.6 is 0 Å². The molecule has 0 aliphatic carbocycles. The van der Waals surface area contributed by atoms with E-state index in [2.05, 4.69) is 27.9 Å². The first-order chi connectivity index (χ1) is 13.6. The Morgan fingerprint density at radius 3 is 2.89 bits per heavy atom. The number of guanidine groups is 1. The molecule has 28 heavy (non-hydrogen) atoms. The van der Waals surface area contributed by atoms with Crippen molar-refractivity contribution in [2.75, 3.05) is 31.6 Å². The van der Waals surface area contributed by atoms with E-state index in [1.807, 2.05) is 31.2 Å². The van der Waals surface area contributed by atoms with Crippen molar-refractivity contribution in [1.29, 1.82) is 0 Å². The van der Waals surface area contributed by atoms with Gasteiger partial charge in [-0.1, -0.05) is 12.1 Å². The van der Waals surface area contributed by atoms with Crippen LogP contribution in [0.5, 0.6) is 0 Å². The minimum absolute atomic E-state index is 0.0713. The molecule has 2 aliphatic heterocycles. The van der Waals surface area contributed by atoms with Gasteiger partial charge in [-0.25, -0.2) is 4.99 Å². The van der Waals surface area contributed by atoms with Crippen molar-refractivity contribution >= 4 is 17.6 Å². The second-order valence-electron chi connectivity index (χ2n) is 7.64. The van der Waals surface area contributed by atoms with E-state index in [-0.39, 0.29) is 17.6 Å². The van der Waals surface area contributed by atoms with E-state index in [9.17, 15) is 4.79 Å². The molecule has 3 N–H and O–H groups in total. The number of anilines is 1. The zero-order valence-electron chi connectivity index (χ0n) is 16.9. The summed E-state index contributed by atoms with van der Waals surface area (Å²) in [5.74, 6) is 0.700. The van der Waals surface area contributed by atoms with Crippen LogP contribution in [0.2, 0.25) is 0 Å². The summed E-state index contributed by atoms with van der Waals surface area (Å²) in [5, 5.41) is 9.60. The molecule has 0 saturated carbocycles. The predicted molar refractivity (Wildman–Crippen MR) is 110 cm³/mol. The smallest absolute Gasteiger partial charge is 0.253 e. The Morgan fingerprint density at radius 2 is 2.18 bits per heavy atom. The second kappa shape index (κ2) is 9.89. The fourth-order valence-electron chi connectivity index (χ4n) is 3.51. The number of hydrogen-bond donors (Lipinski definition) is 3. The van der Waals surface area contributed by atoms with Crippen LogP contribution in [-0.2, 0) is 20.8 Å². The van der Waals surface area contributed by atoms with Gasteiger partial charge in [-0.2, -0.15) is 0 Å². The van der Waals surface area contributed by atoms with Gasteiger partial charge in [0.1, 0.15) is 6.10 Å². The van der Waals surface area contributed by atoms with Gasteiger partial charge in [-0.05, 0) is 57.2 Å². The van der Waals surface area contributed by atoms with Crippen LogP contribution < -0.4 is 16.0 Å². The zero-order chi connectivity index (χ0) is 19.8. The summed E-state index contributed by atoms with van der Waals surface area (Å²) in [7, 11) is 0. The topological polar surface area (TPSA) is 84.0 Å². The van der Waals surface area contributed by atoms with E-state index in [1.165, 1.54) is 0 Å². The first-order valence-electron chi connectivity index (χ1n) is 10.3. The van der Waals surface area contributed by atoms with E-state index in [4.69, 9.17) is 9.47 Å². The fourth-order valence-corrected chi connectivity index (χ4v) is 3.51. The van der Waals surface area contributed by atoms with Crippen LogP contribution in [0.15, 0.2) is 29.3 Å². The Morgan fingerprint density at radius 1 is 1.29 bits per heavy atom. The minimum Gasteiger partial charge on any atom is -0.373 e. The number of nitrogens with one attached hydrogen (secondary N) is 3. The lowest BCUT2D eigenvalue weighted by Gasteiger charge is -2.24. The highest BCUT2D eigenvalue weighted by Crippen LogP contribution is 2.23. The van der Waals surface area contributed by atoms with Gasteiger partial charge < -0.3 is 25.4 Å². The van der Waals surface area contributed by atoms with Gasteiger partial charge >= 0.3 is 0 Å². The van der Waals surface area contributed by atoms with Crippen molar-refractivity contribution in [3.8, 4) is 0 Å². The van der Waals surface area contributed by atoms with Crippen LogP contribution in [0.4, 0.5) is 5.69 Å². The Balaban J connectivity index is 1.56. The van der Waals surface area contributed by atoms with Gasteiger partial charge in [0.05, 0.1) is 12.1 Å². The molecule has 0 radical (unpaired) electrons. The fraction of sp³-hybridized carbons (Fsp3) is 0.619. The maximum atomic E-state index is 12.2. The maximum Gasteiger partial charge on any atom is 0.253 e. The summed E-state index contributed by atoms with van der Waals surface area (Å²) in [6.45, 7) is 7.73. The number of carbonyl (C=O) groups is 1. The molecule has 7 heteroatoms. The third-order valence-electron chi connectivity index (χ3n) is 5.11. The summed E-state index contributed by atoms with van der Waals surface area (Å²) in [4.78, 5) is 16.9. The normalized spacial score (nSPS) is 24.9. The van der Waals surface area contributed by atoms with Gasteiger partial charge in [0.2, 0.25) is 0 Å². The summed E-state index contributed by atoms with van der Waals surface area (Å²) in [6, 6.07) is 7.79. The number of nitrogens with zero attached hydrogens (tertiary/aromatic N) is 1. The van der Waals surface area contributed by atoms with Crippen LogP contribution in [0, 0.1) is 0 Å². The Bertz CT molecular complexity index is 680. The third kappa shape index (κ3) is 5.94. The van der Waals surface area contributed by atoms with Crippen LogP contribution in [0.3, 0.4) is 0 Å². The molecule has 1 amide bonds. The van der Waals surface area contributed by atoms with Crippen molar-refractivity contribution < 1.29 is 14.3 Å². The number of ether oxygens (including phenoxy) is 2.